The van der Waals surface area contributed by atoms with Gasteiger partial charge in [0.1, 0.15) is 7.85 Å². The molecule has 0 aliphatic carbocycles. The Hall–Kier alpha value is 0.285. The van der Waals surface area contributed by atoms with Gasteiger partial charge in [0.15, 0.2) is 0 Å². The summed E-state index contributed by atoms with van der Waals surface area (Å²) in [6, 6.07) is -0.430. The molecule has 0 bridgehead atoms. The Morgan fingerprint density at radius 2 is 2.00 bits per heavy atom. The van der Waals surface area contributed by atoms with Gasteiger partial charge >= 0.3 is 15.4 Å². The van der Waals surface area contributed by atoms with E-state index in [1.165, 1.54) is 0 Å². The summed E-state index contributed by atoms with van der Waals surface area (Å²) in [7, 11) is -6.48. The minimum atomic E-state index is -4.52. The first-order valence-electron chi connectivity index (χ1n) is 4.91. The minimum absolute atomic E-state index is 0.250. The lowest BCUT2D eigenvalue weighted by Crippen LogP contribution is -2.23. The molecule has 4 atom stereocenters. The third-order valence-electron chi connectivity index (χ3n) is 2.19. The predicted octanol–water partition coefficient (Wildman–Crippen LogP) is -0.956. The zero-order valence-corrected chi connectivity index (χ0v) is 11.2. The molecule has 1 saturated heterocycles. The number of phosphoric acid groups is 1. The average Bonchev–Trinajstić information content (AvgIpc) is 2.40. The van der Waals surface area contributed by atoms with Gasteiger partial charge in [0.05, 0.1) is 24.8 Å². The molecule has 1 fully saturated rings. The monoisotopic (exact) mass is 288 g/mol. The summed E-state index contributed by atoms with van der Waals surface area (Å²) in [5, 5.41) is 0. The van der Waals surface area contributed by atoms with Gasteiger partial charge in [-0.05, 0) is 0 Å². The molecule has 100 valence electrons. The highest BCUT2D eigenvalue weighted by atomic mass is 31.2. The number of ether oxygens (including phenoxy) is 1. The molecule has 0 aromatic carbocycles. The summed E-state index contributed by atoms with van der Waals surface area (Å²) in [4.78, 5) is 26.1. The third kappa shape index (κ3) is 6.13. The first-order valence-corrected chi connectivity index (χ1v) is 8.46. The van der Waals surface area contributed by atoms with Crippen molar-refractivity contribution in [3.05, 3.63) is 0 Å². The van der Waals surface area contributed by atoms with Gasteiger partial charge in [-0.25, -0.2) is 4.57 Å². The molecule has 1 aliphatic rings. The largest absolute Gasteiger partial charge is 0.469 e. The second kappa shape index (κ2) is 5.51. The fourth-order valence-corrected chi connectivity index (χ4v) is 2.69. The maximum Gasteiger partial charge on any atom is 0.469 e. The summed E-state index contributed by atoms with van der Waals surface area (Å²) in [6.45, 7) is 0.785. The van der Waals surface area contributed by atoms with Gasteiger partial charge in [-0.15, -0.1) is 0 Å². The molecule has 1 rings (SSSR count). The molecule has 11 heteroatoms. The summed E-state index contributed by atoms with van der Waals surface area (Å²) in [5.74, 6) is 0. The van der Waals surface area contributed by atoms with Crippen molar-refractivity contribution in [1.29, 1.82) is 0 Å². The van der Waals surface area contributed by atoms with Crippen LogP contribution in [-0.4, -0.2) is 54.0 Å². The molecule has 3 N–H and O–H groups in total. The van der Waals surface area contributed by atoms with Crippen molar-refractivity contribution in [2.75, 3.05) is 13.3 Å². The van der Waals surface area contributed by atoms with Crippen LogP contribution in [0.5, 0.6) is 0 Å². The van der Waals surface area contributed by atoms with Gasteiger partial charge in [-0.3, -0.25) is 9.09 Å². The highest BCUT2D eigenvalue weighted by Crippen LogP contribution is 2.42. The second-order valence-electron chi connectivity index (χ2n) is 3.93. The van der Waals surface area contributed by atoms with Crippen LogP contribution < -0.4 is 0 Å². The van der Waals surface area contributed by atoms with Gasteiger partial charge in [0, 0.05) is 13.1 Å². The van der Waals surface area contributed by atoms with Crippen LogP contribution in [-0.2, 0) is 22.9 Å². The normalized spacial score (nSPS) is 33.5. The van der Waals surface area contributed by atoms with Crippen molar-refractivity contribution in [3.63, 3.8) is 0 Å². The van der Waals surface area contributed by atoms with Crippen LogP contribution in [0.4, 0.5) is 0 Å². The van der Waals surface area contributed by atoms with Crippen molar-refractivity contribution >= 4 is 23.3 Å². The molecule has 1 heterocycles. The van der Waals surface area contributed by atoms with Gasteiger partial charge in [0.2, 0.25) is 0 Å². The summed E-state index contributed by atoms with van der Waals surface area (Å²) >= 11 is 0. The van der Waals surface area contributed by atoms with E-state index in [1.807, 2.05) is 0 Å². The van der Waals surface area contributed by atoms with Gasteiger partial charge in [-0.1, -0.05) is 0 Å². The van der Waals surface area contributed by atoms with Crippen LogP contribution in [0.1, 0.15) is 6.42 Å². The first kappa shape index (κ1) is 15.3. The van der Waals surface area contributed by atoms with Gasteiger partial charge < -0.3 is 23.9 Å². The molecule has 0 saturated carbocycles. The fourth-order valence-electron chi connectivity index (χ4n) is 1.56. The lowest BCUT2D eigenvalue weighted by molar-refractivity contribution is 0.0309. The van der Waals surface area contributed by atoms with E-state index in [2.05, 4.69) is 4.52 Å². The molecule has 0 radical (unpaired) electrons. The Morgan fingerprint density at radius 1 is 1.41 bits per heavy atom. The molecule has 0 aromatic heterocycles. The van der Waals surface area contributed by atoms with Crippen molar-refractivity contribution < 1.29 is 37.6 Å². The summed E-state index contributed by atoms with van der Waals surface area (Å²) in [5.41, 5.74) is 0. The minimum Gasteiger partial charge on any atom is -0.379 e. The molecule has 1 unspecified atom stereocenters. The topological polar surface area (TPSA) is 123 Å². The van der Waals surface area contributed by atoms with Crippen molar-refractivity contribution in [1.82, 2.24) is 0 Å². The van der Waals surface area contributed by atoms with E-state index in [0.29, 0.717) is 0 Å². The maximum absolute atomic E-state index is 11.1. The standard InChI is InChI=1S/C6H15BO8P2/c1-16(8,9)15-5-2-4(14-6(5)7)3-13-17(10,11)12/h4-6H,2-3,7H2,1H3,(H,8,9)(H2,10,11,12)/t4-,5+,6+/m0/s1. The van der Waals surface area contributed by atoms with E-state index < -0.39 is 33.6 Å². The Kier molecular flexibility index (Phi) is 4.97. The van der Waals surface area contributed by atoms with Crippen LogP contribution in [0.25, 0.3) is 0 Å². The van der Waals surface area contributed by atoms with E-state index in [4.69, 9.17) is 23.9 Å². The molecule has 0 aromatic rings. The maximum atomic E-state index is 11.1. The van der Waals surface area contributed by atoms with Crippen molar-refractivity contribution in [3.8, 4) is 0 Å². The van der Waals surface area contributed by atoms with E-state index >= 15 is 0 Å². The van der Waals surface area contributed by atoms with E-state index in [0.717, 1.165) is 6.66 Å². The number of hydrogen-bond donors (Lipinski definition) is 3. The molecule has 1 aliphatic heterocycles. The first-order chi connectivity index (χ1) is 7.57. The van der Waals surface area contributed by atoms with E-state index in [1.54, 1.807) is 7.85 Å². The molecular weight excluding hydrogens is 273 g/mol. The molecule has 17 heavy (non-hydrogen) atoms. The molecule has 0 amide bonds. The lowest BCUT2D eigenvalue weighted by Gasteiger charge is -2.16. The van der Waals surface area contributed by atoms with Crippen LogP contribution in [0, 0.1) is 0 Å². The Bertz CT molecular complexity index is 350. The van der Waals surface area contributed by atoms with E-state index in [9.17, 15) is 9.13 Å². The number of hydrogen-bond acceptors (Lipinski definition) is 5. The Labute approximate surface area is 99.4 Å². The van der Waals surface area contributed by atoms with Crippen molar-refractivity contribution in [2.24, 2.45) is 0 Å². The summed E-state index contributed by atoms with van der Waals surface area (Å²) < 4.78 is 36.0. The fraction of sp³-hybridized carbons (Fsp3) is 1.00. The Morgan fingerprint density at radius 3 is 2.47 bits per heavy atom. The molecular formula is C6H15BO8P2. The van der Waals surface area contributed by atoms with Crippen LogP contribution >= 0.6 is 15.4 Å². The molecule has 8 nitrogen and oxygen atoms in total. The second-order valence-corrected chi connectivity index (χ2v) is 6.99. The van der Waals surface area contributed by atoms with Crippen LogP contribution in [0.2, 0.25) is 0 Å². The lowest BCUT2D eigenvalue weighted by atomic mass is 9.95. The van der Waals surface area contributed by atoms with Crippen LogP contribution in [0.15, 0.2) is 0 Å². The zero-order valence-electron chi connectivity index (χ0n) is 9.42. The van der Waals surface area contributed by atoms with E-state index in [-0.39, 0.29) is 13.0 Å². The smallest absolute Gasteiger partial charge is 0.379 e. The quantitative estimate of drug-likeness (QED) is 0.437. The SMILES string of the molecule is B[C@@H]1O[C@H](COP(=O)(O)O)C[C@H]1OP(C)(=O)O. The van der Waals surface area contributed by atoms with Gasteiger partial charge in [0.25, 0.3) is 0 Å². The van der Waals surface area contributed by atoms with Gasteiger partial charge in [-0.2, -0.15) is 0 Å². The third-order valence-corrected chi connectivity index (χ3v) is 3.33. The van der Waals surface area contributed by atoms with Crippen LogP contribution in [0.3, 0.4) is 0 Å². The predicted molar refractivity (Wildman–Crippen MR) is 60.4 cm³/mol. The zero-order chi connectivity index (χ0) is 13.3. The molecule has 0 spiro atoms. The highest BCUT2D eigenvalue weighted by molar-refractivity contribution is 7.51. The average molecular weight is 288 g/mol. The van der Waals surface area contributed by atoms with Crippen molar-refractivity contribution in [2.45, 2.75) is 24.6 Å². The number of rotatable bonds is 5. The number of phosphoric ester groups is 1. The highest BCUT2D eigenvalue weighted by Gasteiger charge is 2.36. The Balaban J connectivity index is 2.44. The summed E-state index contributed by atoms with van der Waals surface area (Å²) in [6.07, 6.45) is -0.894.